The number of benzene rings is 1. The predicted molar refractivity (Wildman–Crippen MR) is 82.7 cm³/mol. The Morgan fingerprint density at radius 3 is 2.62 bits per heavy atom. The molecule has 0 heterocycles. The van der Waals surface area contributed by atoms with Crippen LogP contribution in [0, 0.1) is 10.1 Å². The number of carbonyl (C=O) groups excluding carboxylic acids is 1. The number of rotatable bonds is 7. The largest absolute Gasteiger partial charge is 0.468 e. The lowest BCUT2D eigenvalue weighted by Gasteiger charge is -2.15. The first-order valence-corrected chi connectivity index (χ1v) is 8.74. The van der Waals surface area contributed by atoms with Crippen LogP contribution in [0.5, 0.6) is 0 Å². The van der Waals surface area contributed by atoms with E-state index in [2.05, 4.69) is 9.46 Å². The molecule has 1 aromatic carbocycles. The van der Waals surface area contributed by atoms with Gasteiger partial charge in [0.05, 0.1) is 12.0 Å². The number of para-hydroxylation sites is 1. The molecule has 1 aromatic rings. The molecule has 21 heavy (non-hydrogen) atoms. The summed E-state index contributed by atoms with van der Waals surface area (Å²) in [6, 6.07) is 3.84. The van der Waals surface area contributed by atoms with Gasteiger partial charge in [-0.2, -0.15) is 4.72 Å². The lowest BCUT2D eigenvalue weighted by Crippen LogP contribution is -2.41. The number of hydrogen-bond donors (Lipinski definition) is 1. The fraction of sp³-hybridized carbons (Fsp3) is 0.364. The van der Waals surface area contributed by atoms with Crippen LogP contribution in [-0.2, 0) is 19.6 Å². The van der Waals surface area contributed by atoms with Crippen LogP contribution < -0.4 is 4.72 Å². The van der Waals surface area contributed by atoms with E-state index in [0.717, 1.165) is 19.2 Å². The van der Waals surface area contributed by atoms with Gasteiger partial charge in [0.25, 0.3) is 5.69 Å². The monoisotopic (exact) mass is 428 g/mol. The molecular formula is C11H13IN2O6S. The fourth-order valence-corrected chi connectivity index (χ4v) is 3.58. The van der Waals surface area contributed by atoms with Crippen molar-refractivity contribution in [2.75, 3.05) is 11.5 Å². The van der Waals surface area contributed by atoms with E-state index in [1.807, 2.05) is 22.6 Å². The Kier molecular flexibility index (Phi) is 6.48. The Morgan fingerprint density at radius 2 is 2.10 bits per heavy atom. The number of sulfonamides is 1. The first-order valence-electron chi connectivity index (χ1n) is 5.73. The third-order valence-electron chi connectivity index (χ3n) is 2.53. The Hall–Kier alpha value is -1.27. The van der Waals surface area contributed by atoms with E-state index in [0.29, 0.717) is 4.43 Å². The molecule has 0 amide bonds. The molecule has 1 rings (SSSR count). The average Bonchev–Trinajstić information content (AvgIpc) is 2.45. The molecule has 0 radical (unpaired) electrons. The van der Waals surface area contributed by atoms with E-state index >= 15 is 0 Å². The van der Waals surface area contributed by atoms with Gasteiger partial charge in [-0.05, 0) is 12.5 Å². The van der Waals surface area contributed by atoms with Crippen LogP contribution in [0.2, 0.25) is 0 Å². The molecule has 0 saturated heterocycles. The number of nitro benzene ring substituents is 1. The molecule has 0 unspecified atom stereocenters. The quantitative estimate of drug-likeness (QED) is 0.230. The topological polar surface area (TPSA) is 116 Å². The Bertz CT molecular complexity index is 633. The number of alkyl halides is 1. The molecule has 0 aliphatic carbocycles. The summed E-state index contributed by atoms with van der Waals surface area (Å²) in [5, 5.41) is 10.9. The summed E-state index contributed by atoms with van der Waals surface area (Å²) in [6.45, 7) is 0. The van der Waals surface area contributed by atoms with Crippen LogP contribution in [0.3, 0.4) is 0 Å². The number of hydrogen-bond acceptors (Lipinski definition) is 6. The van der Waals surface area contributed by atoms with Crippen molar-refractivity contribution >= 4 is 44.3 Å². The summed E-state index contributed by atoms with van der Waals surface area (Å²) in [6.07, 6.45) is 0.215. The summed E-state index contributed by atoms with van der Waals surface area (Å²) in [5.41, 5.74) is -0.553. The van der Waals surface area contributed by atoms with E-state index in [-0.39, 0.29) is 6.42 Å². The van der Waals surface area contributed by atoms with E-state index in [9.17, 15) is 23.3 Å². The van der Waals surface area contributed by atoms with Crippen LogP contribution in [0.15, 0.2) is 29.2 Å². The smallest absolute Gasteiger partial charge is 0.323 e. The highest BCUT2D eigenvalue weighted by atomic mass is 127. The predicted octanol–water partition coefficient (Wildman–Crippen LogP) is 1.24. The minimum absolute atomic E-state index is 0.215. The van der Waals surface area contributed by atoms with Gasteiger partial charge in [-0.25, -0.2) is 8.42 Å². The number of esters is 1. The van der Waals surface area contributed by atoms with Gasteiger partial charge < -0.3 is 4.74 Å². The van der Waals surface area contributed by atoms with Crippen molar-refractivity contribution < 1.29 is 22.9 Å². The minimum atomic E-state index is -4.21. The third-order valence-corrected chi connectivity index (χ3v) is 4.67. The molecule has 1 N–H and O–H groups in total. The molecule has 0 spiro atoms. The first kappa shape index (κ1) is 17.8. The number of nitrogens with one attached hydrogen (secondary N) is 1. The van der Waals surface area contributed by atoms with Crippen LogP contribution in [0.25, 0.3) is 0 Å². The third kappa shape index (κ3) is 4.61. The van der Waals surface area contributed by atoms with Gasteiger partial charge in [-0.3, -0.25) is 14.9 Å². The van der Waals surface area contributed by atoms with Gasteiger partial charge in [-0.1, -0.05) is 34.7 Å². The van der Waals surface area contributed by atoms with Crippen molar-refractivity contribution in [3.8, 4) is 0 Å². The summed E-state index contributed by atoms with van der Waals surface area (Å²) in [5.74, 6) is -0.742. The molecule has 0 aliphatic heterocycles. The van der Waals surface area contributed by atoms with Gasteiger partial charge in [0, 0.05) is 10.5 Å². The van der Waals surface area contributed by atoms with Gasteiger partial charge >= 0.3 is 5.97 Å². The molecule has 0 fully saturated rings. The summed E-state index contributed by atoms with van der Waals surface area (Å²) in [4.78, 5) is 21.2. The second-order valence-electron chi connectivity index (χ2n) is 3.90. The Morgan fingerprint density at radius 1 is 1.48 bits per heavy atom. The maximum absolute atomic E-state index is 12.2. The number of halogens is 1. The standard InChI is InChI=1S/C11H13IN2O6S/c1-20-11(15)8(6-7-12)13-21(18,19)10-5-3-2-4-9(10)14(16)17/h2-5,8,13H,6-7H2,1H3/t8-/m0/s1. The molecule has 0 saturated carbocycles. The van der Waals surface area contributed by atoms with Crippen LogP contribution in [0.1, 0.15) is 6.42 Å². The highest BCUT2D eigenvalue weighted by molar-refractivity contribution is 14.1. The first-order chi connectivity index (χ1) is 9.83. The van der Waals surface area contributed by atoms with E-state index in [1.165, 1.54) is 12.1 Å². The number of methoxy groups -OCH3 is 1. The van der Waals surface area contributed by atoms with E-state index < -0.39 is 37.5 Å². The number of carbonyl (C=O) groups is 1. The lowest BCUT2D eigenvalue weighted by molar-refractivity contribution is -0.387. The second kappa shape index (κ2) is 7.66. The fourth-order valence-electron chi connectivity index (χ4n) is 1.56. The summed E-state index contributed by atoms with van der Waals surface area (Å²) in [7, 11) is -3.07. The van der Waals surface area contributed by atoms with Crippen molar-refractivity contribution in [1.82, 2.24) is 4.72 Å². The van der Waals surface area contributed by atoms with Crippen LogP contribution >= 0.6 is 22.6 Å². The van der Waals surface area contributed by atoms with Gasteiger partial charge in [0.15, 0.2) is 4.90 Å². The maximum atomic E-state index is 12.2. The molecule has 116 valence electrons. The molecule has 8 nitrogen and oxygen atoms in total. The number of nitro groups is 1. The molecule has 10 heteroatoms. The molecule has 0 aromatic heterocycles. The SMILES string of the molecule is COC(=O)[C@H](CCI)NS(=O)(=O)c1ccccc1[N+](=O)[O-]. The van der Waals surface area contributed by atoms with Gasteiger partial charge in [0.1, 0.15) is 6.04 Å². The maximum Gasteiger partial charge on any atom is 0.323 e. The molecular weight excluding hydrogens is 415 g/mol. The number of ether oxygens (including phenoxy) is 1. The average molecular weight is 428 g/mol. The van der Waals surface area contributed by atoms with E-state index in [1.54, 1.807) is 0 Å². The van der Waals surface area contributed by atoms with Crippen molar-refractivity contribution in [3.05, 3.63) is 34.4 Å². The lowest BCUT2D eigenvalue weighted by atomic mass is 10.2. The molecule has 0 aliphatic rings. The van der Waals surface area contributed by atoms with Crippen molar-refractivity contribution in [2.45, 2.75) is 17.4 Å². The van der Waals surface area contributed by atoms with Crippen molar-refractivity contribution in [2.24, 2.45) is 0 Å². The normalized spacial score (nSPS) is 12.7. The van der Waals surface area contributed by atoms with Crippen LogP contribution in [-0.4, -0.2) is 36.9 Å². The van der Waals surface area contributed by atoms with E-state index in [4.69, 9.17) is 0 Å². The zero-order chi connectivity index (χ0) is 16.0. The zero-order valence-electron chi connectivity index (χ0n) is 11.0. The highest BCUT2D eigenvalue weighted by Crippen LogP contribution is 2.23. The molecule has 1 atom stereocenters. The van der Waals surface area contributed by atoms with Gasteiger partial charge in [0.2, 0.25) is 10.0 Å². The van der Waals surface area contributed by atoms with Crippen molar-refractivity contribution in [3.63, 3.8) is 0 Å². The number of nitrogens with zero attached hydrogens (tertiary/aromatic N) is 1. The Balaban J connectivity index is 3.16. The Labute approximate surface area is 135 Å². The molecule has 0 bridgehead atoms. The zero-order valence-corrected chi connectivity index (χ0v) is 14.0. The van der Waals surface area contributed by atoms with Crippen LogP contribution in [0.4, 0.5) is 5.69 Å². The van der Waals surface area contributed by atoms with Crippen molar-refractivity contribution in [1.29, 1.82) is 0 Å². The summed E-state index contributed by atoms with van der Waals surface area (Å²) < 4.78 is 31.7. The highest BCUT2D eigenvalue weighted by Gasteiger charge is 2.30. The summed E-state index contributed by atoms with van der Waals surface area (Å²) >= 11 is 1.99. The second-order valence-corrected chi connectivity index (χ2v) is 6.66. The van der Waals surface area contributed by atoms with Gasteiger partial charge in [-0.15, -0.1) is 0 Å². The minimum Gasteiger partial charge on any atom is -0.468 e.